The molecule has 4 heteroatoms. The summed E-state index contributed by atoms with van der Waals surface area (Å²) in [5, 5.41) is 0. The molecule has 0 aliphatic heterocycles. The molecule has 0 unspecified atom stereocenters. The van der Waals surface area contributed by atoms with Crippen LogP contribution in [0, 0.1) is 0 Å². The minimum Gasteiger partial charge on any atom is -0.330 e. The smallest absolute Gasteiger partial charge is 0.175 e. The lowest BCUT2D eigenvalue weighted by Gasteiger charge is -2.09. The van der Waals surface area contributed by atoms with E-state index in [2.05, 4.69) is 0 Å². The van der Waals surface area contributed by atoms with Gasteiger partial charge in [-0.2, -0.15) is 0 Å². The lowest BCUT2D eigenvalue weighted by Crippen LogP contribution is -2.04. The summed E-state index contributed by atoms with van der Waals surface area (Å²) < 4.78 is 22.9. The Morgan fingerprint density at radius 3 is 2.21 bits per heavy atom. The van der Waals surface area contributed by atoms with Crippen LogP contribution >= 0.6 is 0 Å². The highest BCUT2D eigenvalue weighted by molar-refractivity contribution is 7.90. The highest BCUT2D eigenvalue weighted by atomic mass is 32.2. The minimum atomic E-state index is -3.14. The summed E-state index contributed by atoms with van der Waals surface area (Å²) in [5.74, 6) is 0. The van der Waals surface area contributed by atoms with Gasteiger partial charge in [0.15, 0.2) is 9.84 Å². The zero-order chi connectivity index (χ0) is 13.9. The normalized spacial score (nSPS) is 11.5. The van der Waals surface area contributed by atoms with Crippen LogP contribution in [0.15, 0.2) is 53.4 Å². The van der Waals surface area contributed by atoms with Gasteiger partial charge in [-0.1, -0.05) is 36.4 Å². The van der Waals surface area contributed by atoms with Crippen LogP contribution in [0.1, 0.15) is 5.56 Å². The Bertz CT molecular complexity index is 661. The van der Waals surface area contributed by atoms with Crippen molar-refractivity contribution in [2.45, 2.75) is 11.3 Å². The second kappa shape index (κ2) is 5.55. The zero-order valence-corrected chi connectivity index (χ0v) is 11.7. The molecule has 2 N–H and O–H groups in total. The second-order valence-electron chi connectivity index (χ2n) is 4.49. The molecule has 0 atom stereocenters. The average Bonchev–Trinajstić information content (AvgIpc) is 2.39. The maximum absolute atomic E-state index is 11.4. The fraction of sp³-hybridized carbons (Fsp3) is 0.200. The Kier molecular flexibility index (Phi) is 4.02. The Labute approximate surface area is 114 Å². The van der Waals surface area contributed by atoms with Crippen molar-refractivity contribution < 1.29 is 8.42 Å². The van der Waals surface area contributed by atoms with Gasteiger partial charge >= 0.3 is 0 Å². The molecule has 0 aliphatic carbocycles. The molecule has 2 aromatic rings. The first-order chi connectivity index (χ1) is 9.02. The van der Waals surface area contributed by atoms with E-state index in [9.17, 15) is 8.42 Å². The summed E-state index contributed by atoms with van der Waals surface area (Å²) in [4.78, 5) is 0.340. The third kappa shape index (κ3) is 3.22. The van der Waals surface area contributed by atoms with Crippen molar-refractivity contribution in [3.05, 3.63) is 54.1 Å². The summed E-state index contributed by atoms with van der Waals surface area (Å²) >= 11 is 0. The third-order valence-corrected chi connectivity index (χ3v) is 4.15. The molecule has 0 aromatic heterocycles. The van der Waals surface area contributed by atoms with Crippen LogP contribution in [0.25, 0.3) is 11.1 Å². The summed E-state index contributed by atoms with van der Waals surface area (Å²) in [6.45, 7) is 0.596. The predicted octanol–water partition coefficient (Wildman–Crippen LogP) is 2.26. The minimum absolute atomic E-state index is 0.340. The summed E-state index contributed by atoms with van der Waals surface area (Å²) in [6.07, 6.45) is 2.02. The Balaban J connectivity index is 2.43. The molecule has 0 radical (unpaired) electrons. The molecule has 2 rings (SSSR count). The average molecular weight is 275 g/mol. The molecule has 2 aromatic carbocycles. The van der Waals surface area contributed by atoms with Crippen molar-refractivity contribution in [3.8, 4) is 11.1 Å². The van der Waals surface area contributed by atoms with E-state index in [4.69, 9.17) is 5.73 Å². The Morgan fingerprint density at radius 2 is 1.63 bits per heavy atom. The number of rotatable bonds is 4. The van der Waals surface area contributed by atoms with Crippen molar-refractivity contribution in [1.29, 1.82) is 0 Å². The molecule has 0 amide bonds. The monoisotopic (exact) mass is 275 g/mol. The van der Waals surface area contributed by atoms with E-state index in [-0.39, 0.29) is 0 Å². The number of benzene rings is 2. The molecule has 0 aliphatic rings. The van der Waals surface area contributed by atoms with Gasteiger partial charge in [0.25, 0.3) is 0 Å². The fourth-order valence-electron chi connectivity index (χ4n) is 2.06. The molecule has 19 heavy (non-hydrogen) atoms. The van der Waals surface area contributed by atoms with Crippen LogP contribution in [-0.2, 0) is 16.3 Å². The fourth-order valence-corrected chi connectivity index (χ4v) is 2.69. The zero-order valence-electron chi connectivity index (χ0n) is 10.8. The van der Waals surface area contributed by atoms with Gasteiger partial charge in [-0.25, -0.2) is 8.42 Å². The van der Waals surface area contributed by atoms with Crippen LogP contribution in [0.2, 0.25) is 0 Å². The van der Waals surface area contributed by atoms with E-state index in [1.54, 1.807) is 12.1 Å². The van der Waals surface area contributed by atoms with E-state index in [1.165, 1.54) is 11.8 Å². The first kappa shape index (κ1) is 13.8. The first-order valence-corrected chi connectivity index (χ1v) is 8.00. The number of nitrogens with two attached hydrogens (primary N) is 1. The highest BCUT2D eigenvalue weighted by Crippen LogP contribution is 2.25. The SMILES string of the molecule is CS(=O)(=O)c1ccc(-c2ccccc2CCN)cc1. The van der Waals surface area contributed by atoms with Gasteiger partial charge in [0.1, 0.15) is 0 Å². The number of hydrogen-bond donors (Lipinski definition) is 1. The van der Waals surface area contributed by atoms with Gasteiger partial charge in [0, 0.05) is 6.26 Å². The van der Waals surface area contributed by atoms with Crippen molar-refractivity contribution in [2.75, 3.05) is 12.8 Å². The van der Waals surface area contributed by atoms with Crippen LogP contribution in [0.4, 0.5) is 0 Å². The van der Waals surface area contributed by atoms with E-state index in [1.807, 2.05) is 36.4 Å². The van der Waals surface area contributed by atoms with Gasteiger partial charge in [0.2, 0.25) is 0 Å². The van der Waals surface area contributed by atoms with Crippen molar-refractivity contribution in [1.82, 2.24) is 0 Å². The quantitative estimate of drug-likeness (QED) is 0.931. The summed E-state index contributed by atoms with van der Waals surface area (Å²) in [5.41, 5.74) is 8.90. The summed E-state index contributed by atoms with van der Waals surface area (Å²) in [7, 11) is -3.14. The molecular weight excluding hydrogens is 258 g/mol. The second-order valence-corrected chi connectivity index (χ2v) is 6.51. The molecule has 0 saturated carbocycles. The van der Waals surface area contributed by atoms with Crippen LogP contribution in [0.5, 0.6) is 0 Å². The van der Waals surface area contributed by atoms with E-state index in [0.29, 0.717) is 11.4 Å². The van der Waals surface area contributed by atoms with Gasteiger partial charge < -0.3 is 5.73 Å². The van der Waals surface area contributed by atoms with E-state index < -0.39 is 9.84 Å². The first-order valence-electron chi connectivity index (χ1n) is 6.11. The number of sulfone groups is 1. The van der Waals surface area contributed by atoms with Crippen molar-refractivity contribution >= 4 is 9.84 Å². The molecule has 0 saturated heterocycles. The van der Waals surface area contributed by atoms with Gasteiger partial charge in [-0.05, 0) is 41.8 Å². The molecule has 3 nitrogen and oxygen atoms in total. The van der Waals surface area contributed by atoms with E-state index in [0.717, 1.165) is 17.5 Å². The molecule has 0 bridgehead atoms. The topological polar surface area (TPSA) is 60.2 Å². The lowest BCUT2D eigenvalue weighted by atomic mass is 9.98. The molecule has 0 heterocycles. The number of hydrogen-bond acceptors (Lipinski definition) is 3. The standard InChI is InChI=1S/C15H17NO2S/c1-19(17,18)14-8-6-13(7-9-14)15-5-3-2-4-12(15)10-11-16/h2-9H,10-11,16H2,1H3. The third-order valence-electron chi connectivity index (χ3n) is 3.02. The van der Waals surface area contributed by atoms with E-state index >= 15 is 0 Å². The molecule has 100 valence electrons. The lowest BCUT2D eigenvalue weighted by molar-refractivity contribution is 0.602. The Morgan fingerprint density at radius 1 is 1.00 bits per heavy atom. The predicted molar refractivity (Wildman–Crippen MR) is 77.7 cm³/mol. The van der Waals surface area contributed by atoms with Crippen molar-refractivity contribution in [3.63, 3.8) is 0 Å². The van der Waals surface area contributed by atoms with Gasteiger partial charge in [-0.15, -0.1) is 0 Å². The summed E-state index contributed by atoms with van der Waals surface area (Å²) in [6, 6.07) is 15.0. The largest absolute Gasteiger partial charge is 0.330 e. The molecule has 0 spiro atoms. The molecular formula is C15H17NO2S. The Hall–Kier alpha value is -1.65. The van der Waals surface area contributed by atoms with Crippen LogP contribution < -0.4 is 5.73 Å². The maximum Gasteiger partial charge on any atom is 0.175 e. The van der Waals surface area contributed by atoms with Crippen LogP contribution in [-0.4, -0.2) is 21.2 Å². The molecule has 0 fully saturated rings. The van der Waals surface area contributed by atoms with Gasteiger partial charge in [-0.3, -0.25) is 0 Å². The van der Waals surface area contributed by atoms with Crippen molar-refractivity contribution in [2.24, 2.45) is 5.73 Å². The van der Waals surface area contributed by atoms with Crippen LogP contribution in [0.3, 0.4) is 0 Å². The van der Waals surface area contributed by atoms with Gasteiger partial charge in [0.05, 0.1) is 4.90 Å². The maximum atomic E-state index is 11.4. The highest BCUT2D eigenvalue weighted by Gasteiger charge is 2.08.